The van der Waals surface area contributed by atoms with E-state index in [4.69, 9.17) is 4.42 Å². The van der Waals surface area contributed by atoms with E-state index < -0.39 is 10.0 Å². The van der Waals surface area contributed by atoms with E-state index in [1.807, 2.05) is 17.5 Å². The molecule has 0 bridgehead atoms. The highest BCUT2D eigenvalue weighted by atomic mass is 32.2. The molecule has 1 N–H and O–H groups in total. The van der Waals surface area contributed by atoms with Gasteiger partial charge in [-0.05, 0) is 35.2 Å². The van der Waals surface area contributed by atoms with Crippen LogP contribution in [0.2, 0.25) is 0 Å². The predicted molar refractivity (Wildman–Crippen MR) is 95.2 cm³/mol. The van der Waals surface area contributed by atoms with Crippen LogP contribution in [-0.2, 0) is 27.8 Å². The van der Waals surface area contributed by atoms with E-state index >= 15 is 0 Å². The second-order valence-corrected chi connectivity index (χ2v) is 8.44. The van der Waals surface area contributed by atoms with Crippen molar-refractivity contribution in [3.63, 3.8) is 0 Å². The Morgan fingerprint density at radius 2 is 2.15 bits per heavy atom. The summed E-state index contributed by atoms with van der Waals surface area (Å²) in [4.78, 5) is 14.2. The van der Waals surface area contributed by atoms with Gasteiger partial charge in [-0.25, -0.2) is 13.1 Å². The zero-order chi connectivity index (χ0) is 18.3. The molecule has 0 spiro atoms. The Hall–Kier alpha value is -2.56. The molecular weight excluding hydrogens is 376 g/mol. The molecule has 134 valence electrons. The molecule has 2 aromatic heterocycles. The SMILES string of the molecule is CN1C(=O)Cc2cc(S(=O)(=O)NCc3nnc(-c4cccs4)o3)ccc21. The quantitative estimate of drug-likeness (QED) is 0.712. The minimum atomic E-state index is -3.76. The van der Waals surface area contributed by atoms with Gasteiger partial charge in [0.15, 0.2) is 0 Å². The highest BCUT2D eigenvalue weighted by Crippen LogP contribution is 2.29. The third-order valence-corrected chi connectivity index (χ3v) is 6.31. The molecule has 0 aliphatic carbocycles. The van der Waals surface area contributed by atoms with E-state index in [-0.39, 0.29) is 29.7 Å². The van der Waals surface area contributed by atoms with E-state index in [2.05, 4.69) is 14.9 Å². The Kier molecular flexibility index (Phi) is 4.10. The first kappa shape index (κ1) is 16.9. The number of sulfonamides is 1. The third kappa shape index (κ3) is 3.02. The molecular formula is C16H14N4O4S2. The van der Waals surface area contributed by atoms with Crippen LogP contribution >= 0.6 is 11.3 Å². The summed E-state index contributed by atoms with van der Waals surface area (Å²) in [5.74, 6) is 0.468. The average molecular weight is 390 g/mol. The fourth-order valence-corrected chi connectivity index (χ4v) is 4.35. The number of benzene rings is 1. The van der Waals surface area contributed by atoms with Gasteiger partial charge in [-0.3, -0.25) is 4.79 Å². The number of thiophene rings is 1. The monoisotopic (exact) mass is 390 g/mol. The Labute approximate surface area is 153 Å². The Balaban J connectivity index is 1.50. The molecule has 26 heavy (non-hydrogen) atoms. The Bertz CT molecular complexity index is 1070. The minimum Gasteiger partial charge on any atom is -0.418 e. The van der Waals surface area contributed by atoms with Crippen molar-refractivity contribution in [1.82, 2.24) is 14.9 Å². The van der Waals surface area contributed by atoms with Crippen LogP contribution in [0.5, 0.6) is 0 Å². The van der Waals surface area contributed by atoms with Gasteiger partial charge in [0.1, 0.15) is 0 Å². The number of aromatic nitrogens is 2. The molecule has 3 aromatic rings. The fraction of sp³-hybridized carbons (Fsp3) is 0.188. The summed E-state index contributed by atoms with van der Waals surface area (Å²) in [6, 6.07) is 8.33. The second-order valence-electron chi connectivity index (χ2n) is 5.72. The molecule has 1 aromatic carbocycles. The number of nitrogens with one attached hydrogen (secondary N) is 1. The number of carbonyl (C=O) groups excluding carboxylic acids is 1. The maximum absolute atomic E-state index is 12.5. The Morgan fingerprint density at radius 3 is 2.92 bits per heavy atom. The van der Waals surface area contributed by atoms with Crippen LogP contribution in [-0.4, -0.2) is 31.6 Å². The van der Waals surface area contributed by atoms with Gasteiger partial charge >= 0.3 is 0 Å². The number of amides is 1. The first-order chi connectivity index (χ1) is 12.4. The summed E-state index contributed by atoms with van der Waals surface area (Å²) in [5.41, 5.74) is 1.42. The molecule has 1 aliphatic rings. The summed E-state index contributed by atoms with van der Waals surface area (Å²) >= 11 is 1.46. The van der Waals surface area contributed by atoms with Crippen molar-refractivity contribution in [2.75, 3.05) is 11.9 Å². The summed E-state index contributed by atoms with van der Waals surface area (Å²) < 4.78 is 32.9. The summed E-state index contributed by atoms with van der Waals surface area (Å²) in [5, 5.41) is 9.66. The molecule has 1 amide bonds. The summed E-state index contributed by atoms with van der Waals surface area (Å²) in [6.07, 6.45) is 0.197. The smallest absolute Gasteiger partial charge is 0.257 e. The van der Waals surface area contributed by atoms with Crippen molar-refractivity contribution in [1.29, 1.82) is 0 Å². The van der Waals surface area contributed by atoms with Crippen molar-refractivity contribution in [3.8, 4) is 10.8 Å². The normalized spacial score (nSPS) is 14.0. The van der Waals surface area contributed by atoms with E-state index in [0.717, 1.165) is 10.6 Å². The van der Waals surface area contributed by atoms with Crippen LogP contribution in [0.3, 0.4) is 0 Å². The zero-order valence-electron chi connectivity index (χ0n) is 13.7. The lowest BCUT2D eigenvalue weighted by Crippen LogP contribution is -2.23. The lowest BCUT2D eigenvalue weighted by atomic mass is 10.2. The minimum absolute atomic E-state index is 0.0607. The summed E-state index contributed by atoms with van der Waals surface area (Å²) in [7, 11) is -2.10. The largest absolute Gasteiger partial charge is 0.418 e. The lowest BCUT2D eigenvalue weighted by Gasteiger charge is -2.11. The van der Waals surface area contributed by atoms with Crippen molar-refractivity contribution in [3.05, 3.63) is 47.2 Å². The second kappa shape index (κ2) is 6.31. The molecule has 0 fully saturated rings. The van der Waals surface area contributed by atoms with E-state index in [1.165, 1.54) is 28.4 Å². The predicted octanol–water partition coefficient (Wildman–Crippen LogP) is 1.80. The molecule has 0 atom stereocenters. The van der Waals surface area contributed by atoms with Crippen LogP contribution in [0.25, 0.3) is 10.8 Å². The molecule has 4 rings (SSSR count). The zero-order valence-corrected chi connectivity index (χ0v) is 15.3. The highest BCUT2D eigenvalue weighted by molar-refractivity contribution is 7.89. The van der Waals surface area contributed by atoms with Crippen molar-refractivity contribution >= 4 is 33.0 Å². The number of fused-ring (bicyclic) bond motifs is 1. The standard InChI is InChI=1S/C16H14N4O4S2/c1-20-12-5-4-11(7-10(12)8-15(20)21)26(22,23)17-9-14-18-19-16(24-14)13-3-2-6-25-13/h2-7,17H,8-9H2,1H3. The van der Waals surface area contributed by atoms with Gasteiger partial charge in [-0.15, -0.1) is 21.5 Å². The maximum atomic E-state index is 12.5. The molecule has 8 nitrogen and oxygen atoms in total. The molecule has 0 radical (unpaired) electrons. The molecule has 0 saturated heterocycles. The fourth-order valence-electron chi connectivity index (χ4n) is 2.68. The number of anilines is 1. The topological polar surface area (TPSA) is 105 Å². The van der Waals surface area contributed by atoms with Crippen molar-refractivity contribution in [2.45, 2.75) is 17.9 Å². The van der Waals surface area contributed by atoms with Crippen LogP contribution in [0, 0.1) is 0 Å². The molecule has 0 saturated carbocycles. The average Bonchev–Trinajstić information content (AvgIpc) is 3.34. The molecule has 10 heteroatoms. The molecule has 3 heterocycles. The van der Waals surface area contributed by atoms with Crippen molar-refractivity contribution in [2.24, 2.45) is 0 Å². The number of hydrogen-bond acceptors (Lipinski definition) is 7. The van der Waals surface area contributed by atoms with Gasteiger partial charge in [0.05, 0.1) is 22.7 Å². The van der Waals surface area contributed by atoms with E-state index in [1.54, 1.807) is 13.1 Å². The summed E-state index contributed by atoms with van der Waals surface area (Å²) in [6.45, 7) is -0.114. The third-order valence-electron chi connectivity index (χ3n) is 4.05. The van der Waals surface area contributed by atoms with Gasteiger partial charge in [0.25, 0.3) is 5.89 Å². The van der Waals surface area contributed by atoms with Gasteiger partial charge in [-0.2, -0.15) is 0 Å². The van der Waals surface area contributed by atoms with Gasteiger partial charge in [0, 0.05) is 12.7 Å². The molecule has 1 aliphatic heterocycles. The van der Waals surface area contributed by atoms with E-state index in [0.29, 0.717) is 11.5 Å². The maximum Gasteiger partial charge on any atom is 0.257 e. The number of hydrogen-bond donors (Lipinski definition) is 1. The van der Waals surface area contributed by atoms with Crippen LogP contribution in [0.1, 0.15) is 11.5 Å². The van der Waals surface area contributed by atoms with Crippen LogP contribution in [0.15, 0.2) is 45.0 Å². The highest BCUT2D eigenvalue weighted by Gasteiger charge is 2.26. The van der Waals surface area contributed by atoms with Crippen LogP contribution < -0.4 is 9.62 Å². The first-order valence-corrected chi connectivity index (χ1v) is 10.1. The van der Waals surface area contributed by atoms with Crippen molar-refractivity contribution < 1.29 is 17.6 Å². The molecule has 0 unspecified atom stereocenters. The first-order valence-electron chi connectivity index (χ1n) is 7.69. The van der Waals surface area contributed by atoms with Crippen LogP contribution in [0.4, 0.5) is 5.69 Å². The number of nitrogens with zero attached hydrogens (tertiary/aromatic N) is 3. The number of rotatable bonds is 5. The van der Waals surface area contributed by atoms with Gasteiger partial charge in [-0.1, -0.05) is 6.07 Å². The van der Waals surface area contributed by atoms with E-state index in [9.17, 15) is 13.2 Å². The lowest BCUT2D eigenvalue weighted by molar-refractivity contribution is -0.117. The Morgan fingerprint density at radius 1 is 1.31 bits per heavy atom. The number of carbonyl (C=O) groups is 1. The number of likely N-dealkylation sites (N-methyl/N-ethyl adjacent to an activating group) is 1. The van der Waals surface area contributed by atoms with Gasteiger partial charge in [0.2, 0.25) is 21.8 Å². The van der Waals surface area contributed by atoms with Gasteiger partial charge < -0.3 is 9.32 Å².